The molecule has 0 amide bonds. The summed E-state index contributed by atoms with van der Waals surface area (Å²) >= 11 is 0. The van der Waals surface area contributed by atoms with E-state index in [1.54, 1.807) is 0 Å². The Labute approximate surface area is 99.3 Å². The largest absolute Gasteiger partial charge is 0.373 e. The van der Waals surface area contributed by atoms with Crippen molar-refractivity contribution in [2.24, 2.45) is 11.7 Å². The van der Waals surface area contributed by atoms with Gasteiger partial charge in [-0.25, -0.2) is 0 Å². The first-order valence-corrected chi connectivity index (χ1v) is 6.66. The molecule has 0 aromatic heterocycles. The number of morpholine rings is 1. The van der Waals surface area contributed by atoms with E-state index >= 15 is 0 Å². The molecule has 1 heterocycles. The van der Waals surface area contributed by atoms with E-state index in [9.17, 15) is 0 Å². The molecule has 1 aliphatic heterocycles. The van der Waals surface area contributed by atoms with Gasteiger partial charge in [0.1, 0.15) is 0 Å². The second-order valence-corrected chi connectivity index (χ2v) is 5.94. The van der Waals surface area contributed by atoms with Crippen LogP contribution in [0.3, 0.4) is 0 Å². The monoisotopic (exact) mass is 226 g/mol. The lowest BCUT2D eigenvalue weighted by Crippen LogP contribution is -2.59. The maximum Gasteiger partial charge on any atom is 0.0678 e. The minimum absolute atomic E-state index is 0.270. The predicted molar refractivity (Wildman–Crippen MR) is 66.4 cm³/mol. The Morgan fingerprint density at radius 1 is 1.25 bits per heavy atom. The van der Waals surface area contributed by atoms with E-state index in [-0.39, 0.29) is 5.54 Å². The first kappa shape index (κ1) is 12.3. The summed E-state index contributed by atoms with van der Waals surface area (Å²) in [5, 5.41) is 0. The Morgan fingerprint density at radius 2 is 1.88 bits per heavy atom. The third-order valence-corrected chi connectivity index (χ3v) is 4.30. The van der Waals surface area contributed by atoms with Gasteiger partial charge in [-0.2, -0.15) is 0 Å². The molecule has 2 N–H and O–H groups in total. The van der Waals surface area contributed by atoms with Crippen molar-refractivity contribution in [3.05, 3.63) is 0 Å². The minimum atomic E-state index is 0.270. The number of hydrogen-bond donors (Lipinski definition) is 1. The first-order valence-electron chi connectivity index (χ1n) is 6.66. The van der Waals surface area contributed by atoms with Crippen LogP contribution >= 0.6 is 0 Å². The van der Waals surface area contributed by atoms with E-state index < -0.39 is 0 Å². The van der Waals surface area contributed by atoms with Crippen molar-refractivity contribution in [1.82, 2.24) is 4.90 Å². The van der Waals surface area contributed by atoms with Crippen molar-refractivity contribution >= 4 is 0 Å². The lowest BCUT2D eigenvalue weighted by molar-refractivity contribution is -0.100. The molecule has 3 nitrogen and oxygen atoms in total. The van der Waals surface area contributed by atoms with Crippen LogP contribution in [-0.4, -0.2) is 42.3 Å². The summed E-state index contributed by atoms with van der Waals surface area (Å²) in [6, 6.07) is 0. The van der Waals surface area contributed by atoms with Gasteiger partial charge < -0.3 is 10.5 Å². The minimum Gasteiger partial charge on any atom is -0.373 e. The van der Waals surface area contributed by atoms with Gasteiger partial charge in [0, 0.05) is 25.2 Å². The van der Waals surface area contributed by atoms with Crippen LogP contribution in [0, 0.1) is 5.92 Å². The SMILES string of the molecule is CC1CCC(CN)(N2C[C@@H](C)O[C@@H](C)C2)C1. The van der Waals surface area contributed by atoms with Gasteiger partial charge in [-0.1, -0.05) is 6.92 Å². The van der Waals surface area contributed by atoms with Crippen molar-refractivity contribution < 1.29 is 4.74 Å². The lowest BCUT2D eigenvalue weighted by atomic mass is 9.92. The lowest BCUT2D eigenvalue weighted by Gasteiger charge is -2.46. The number of nitrogens with zero attached hydrogens (tertiary/aromatic N) is 1. The zero-order valence-corrected chi connectivity index (χ0v) is 10.9. The smallest absolute Gasteiger partial charge is 0.0678 e. The van der Waals surface area contributed by atoms with Gasteiger partial charge in [0.05, 0.1) is 12.2 Å². The van der Waals surface area contributed by atoms with Gasteiger partial charge in [-0.05, 0) is 39.0 Å². The average Bonchev–Trinajstić information content (AvgIpc) is 2.60. The van der Waals surface area contributed by atoms with Gasteiger partial charge in [0.25, 0.3) is 0 Å². The molecule has 16 heavy (non-hydrogen) atoms. The summed E-state index contributed by atoms with van der Waals surface area (Å²) in [5.74, 6) is 0.831. The molecule has 1 saturated heterocycles. The molecule has 2 rings (SSSR count). The summed E-state index contributed by atoms with van der Waals surface area (Å²) in [7, 11) is 0. The van der Waals surface area contributed by atoms with Gasteiger partial charge >= 0.3 is 0 Å². The Morgan fingerprint density at radius 3 is 2.31 bits per heavy atom. The van der Waals surface area contributed by atoms with E-state index in [1.807, 2.05) is 0 Å². The highest BCUT2D eigenvalue weighted by Gasteiger charge is 2.43. The Balaban J connectivity index is 2.09. The summed E-state index contributed by atoms with van der Waals surface area (Å²) in [6.45, 7) is 9.60. The van der Waals surface area contributed by atoms with Gasteiger partial charge in [-0.3, -0.25) is 4.90 Å². The molecule has 0 aromatic carbocycles. The van der Waals surface area contributed by atoms with Crippen LogP contribution in [0.5, 0.6) is 0 Å². The molecule has 94 valence electrons. The van der Waals surface area contributed by atoms with Gasteiger partial charge in [-0.15, -0.1) is 0 Å². The molecule has 0 aromatic rings. The predicted octanol–water partition coefficient (Wildman–Crippen LogP) is 1.61. The highest BCUT2D eigenvalue weighted by molar-refractivity contribution is 4.99. The fourth-order valence-corrected chi connectivity index (χ4v) is 3.53. The standard InChI is InChI=1S/C13H26N2O/c1-10-4-5-13(6-10,9-14)15-7-11(2)16-12(3)8-15/h10-12H,4-9,14H2,1-3H3/t10?,11-,12+,13?. The van der Waals surface area contributed by atoms with Crippen LogP contribution in [0.15, 0.2) is 0 Å². The maximum absolute atomic E-state index is 6.07. The summed E-state index contributed by atoms with van der Waals surface area (Å²) < 4.78 is 5.81. The highest BCUT2D eigenvalue weighted by Crippen LogP contribution is 2.39. The molecule has 2 aliphatic rings. The third kappa shape index (κ3) is 2.27. The number of rotatable bonds is 2. The van der Waals surface area contributed by atoms with Crippen LogP contribution in [0.4, 0.5) is 0 Å². The molecule has 2 fully saturated rings. The van der Waals surface area contributed by atoms with E-state index in [0.29, 0.717) is 12.2 Å². The molecule has 1 saturated carbocycles. The zero-order valence-electron chi connectivity index (χ0n) is 10.9. The third-order valence-electron chi connectivity index (χ3n) is 4.30. The molecular formula is C13H26N2O. The Hall–Kier alpha value is -0.120. The van der Waals surface area contributed by atoms with Crippen LogP contribution in [0.1, 0.15) is 40.0 Å². The molecule has 1 aliphatic carbocycles. The molecular weight excluding hydrogens is 200 g/mol. The quantitative estimate of drug-likeness (QED) is 0.777. The van der Waals surface area contributed by atoms with Crippen molar-refractivity contribution in [2.75, 3.05) is 19.6 Å². The molecule has 0 spiro atoms. The molecule has 0 radical (unpaired) electrons. The van der Waals surface area contributed by atoms with Gasteiger partial charge in [0.15, 0.2) is 0 Å². The van der Waals surface area contributed by atoms with Crippen molar-refractivity contribution in [2.45, 2.75) is 57.8 Å². The second-order valence-electron chi connectivity index (χ2n) is 5.94. The molecule has 0 bridgehead atoms. The van der Waals surface area contributed by atoms with Crippen LogP contribution in [0.25, 0.3) is 0 Å². The van der Waals surface area contributed by atoms with Crippen LogP contribution < -0.4 is 5.73 Å². The van der Waals surface area contributed by atoms with E-state index in [4.69, 9.17) is 10.5 Å². The number of nitrogens with two attached hydrogens (primary N) is 1. The van der Waals surface area contributed by atoms with E-state index in [0.717, 1.165) is 25.6 Å². The number of hydrogen-bond acceptors (Lipinski definition) is 3. The Kier molecular flexibility index (Phi) is 3.57. The molecule has 4 atom stereocenters. The van der Waals surface area contributed by atoms with Crippen molar-refractivity contribution in [3.8, 4) is 0 Å². The molecule has 3 heteroatoms. The molecule has 2 unspecified atom stereocenters. The maximum atomic E-state index is 6.07. The summed E-state index contributed by atoms with van der Waals surface area (Å²) in [5.41, 5.74) is 6.34. The summed E-state index contributed by atoms with van der Waals surface area (Å²) in [6.07, 6.45) is 4.57. The van der Waals surface area contributed by atoms with E-state index in [1.165, 1.54) is 19.3 Å². The summed E-state index contributed by atoms with van der Waals surface area (Å²) in [4.78, 5) is 2.61. The topological polar surface area (TPSA) is 38.5 Å². The van der Waals surface area contributed by atoms with Crippen molar-refractivity contribution in [3.63, 3.8) is 0 Å². The van der Waals surface area contributed by atoms with Crippen molar-refractivity contribution in [1.29, 1.82) is 0 Å². The fourth-order valence-electron chi connectivity index (χ4n) is 3.53. The zero-order chi connectivity index (χ0) is 11.8. The van der Waals surface area contributed by atoms with Gasteiger partial charge in [0.2, 0.25) is 0 Å². The van der Waals surface area contributed by atoms with Crippen LogP contribution in [0.2, 0.25) is 0 Å². The van der Waals surface area contributed by atoms with E-state index in [2.05, 4.69) is 25.7 Å². The second kappa shape index (κ2) is 4.63. The fraction of sp³-hybridized carbons (Fsp3) is 1.00. The van der Waals surface area contributed by atoms with Crippen LogP contribution in [-0.2, 0) is 4.74 Å². The average molecular weight is 226 g/mol. The number of ether oxygens (including phenoxy) is 1. The Bertz CT molecular complexity index is 236. The first-order chi connectivity index (χ1) is 7.55. The normalized spacial score (nSPS) is 46.1. The highest BCUT2D eigenvalue weighted by atomic mass is 16.5.